The van der Waals surface area contributed by atoms with Crippen LogP contribution in [0.3, 0.4) is 0 Å². The van der Waals surface area contributed by atoms with Gasteiger partial charge in [-0.1, -0.05) is 23.7 Å². The van der Waals surface area contributed by atoms with Crippen LogP contribution in [0.2, 0.25) is 5.02 Å². The molecule has 2 heterocycles. The Morgan fingerprint density at radius 2 is 1.89 bits per heavy atom. The Bertz CT molecular complexity index is 916. The van der Waals surface area contributed by atoms with Gasteiger partial charge in [0.1, 0.15) is 0 Å². The molecule has 0 atom stereocenters. The van der Waals surface area contributed by atoms with Gasteiger partial charge in [-0.3, -0.25) is 4.79 Å². The Hall–Kier alpha value is -2.84. The number of aromatic nitrogens is 3. The average Bonchev–Trinajstić information content (AvgIpc) is 3.19. The van der Waals surface area contributed by atoms with Gasteiger partial charge in [-0.05, 0) is 30.2 Å². The summed E-state index contributed by atoms with van der Waals surface area (Å²) in [7, 11) is 0. The summed E-state index contributed by atoms with van der Waals surface area (Å²) in [5.41, 5.74) is 1.17. The second-order valence-corrected chi connectivity index (χ2v) is 6.71. The van der Waals surface area contributed by atoms with E-state index in [4.69, 9.17) is 16.3 Å². The van der Waals surface area contributed by atoms with Crippen molar-refractivity contribution in [2.45, 2.75) is 6.42 Å². The van der Waals surface area contributed by atoms with Gasteiger partial charge in [0, 0.05) is 29.3 Å². The molecule has 138 valence electrons. The minimum Gasteiger partial charge on any atom is -0.451 e. The number of carbonyl (C=O) groups is 2. The number of rotatable bonds is 7. The molecule has 27 heavy (non-hydrogen) atoms. The van der Waals surface area contributed by atoms with Crippen LogP contribution in [0.5, 0.6) is 0 Å². The van der Waals surface area contributed by atoms with Crippen molar-refractivity contribution in [3.8, 4) is 10.8 Å². The SMILES string of the molecule is O=C(COC(=O)c1csc(-c2ncccn2)n1)NCCc1ccc(Cl)cc1. The predicted molar refractivity (Wildman–Crippen MR) is 102 cm³/mol. The lowest BCUT2D eigenvalue weighted by Gasteiger charge is -2.06. The number of thiazole rings is 1. The summed E-state index contributed by atoms with van der Waals surface area (Å²) in [6, 6.07) is 9.07. The lowest BCUT2D eigenvalue weighted by Crippen LogP contribution is -2.30. The van der Waals surface area contributed by atoms with Crippen LogP contribution in [-0.4, -0.2) is 40.0 Å². The summed E-state index contributed by atoms with van der Waals surface area (Å²) in [5.74, 6) is -0.609. The first kappa shape index (κ1) is 18.9. The zero-order chi connectivity index (χ0) is 19.1. The normalized spacial score (nSPS) is 10.4. The zero-order valence-electron chi connectivity index (χ0n) is 14.1. The molecule has 0 saturated heterocycles. The molecule has 0 spiro atoms. The molecule has 9 heteroatoms. The van der Waals surface area contributed by atoms with Crippen molar-refractivity contribution >= 4 is 34.8 Å². The molecule has 2 aromatic heterocycles. The first-order valence-corrected chi connectivity index (χ1v) is 9.29. The van der Waals surface area contributed by atoms with Crippen LogP contribution in [0.15, 0.2) is 48.1 Å². The molecule has 0 saturated carbocycles. The number of nitrogens with one attached hydrogen (secondary N) is 1. The van der Waals surface area contributed by atoms with E-state index in [0.29, 0.717) is 28.8 Å². The third-order valence-corrected chi connectivity index (χ3v) is 4.54. The van der Waals surface area contributed by atoms with E-state index in [2.05, 4.69) is 20.3 Å². The maximum atomic E-state index is 12.0. The molecule has 0 fully saturated rings. The van der Waals surface area contributed by atoms with E-state index in [9.17, 15) is 9.59 Å². The van der Waals surface area contributed by atoms with Crippen LogP contribution in [-0.2, 0) is 16.0 Å². The van der Waals surface area contributed by atoms with E-state index in [1.165, 1.54) is 11.3 Å². The van der Waals surface area contributed by atoms with Crippen LogP contribution in [0, 0.1) is 0 Å². The monoisotopic (exact) mass is 402 g/mol. The molecule has 1 N–H and O–H groups in total. The quantitative estimate of drug-likeness (QED) is 0.611. The van der Waals surface area contributed by atoms with E-state index < -0.39 is 5.97 Å². The van der Waals surface area contributed by atoms with Gasteiger partial charge < -0.3 is 10.1 Å². The second-order valence-electron chi connectivity index (χ2n) is 5.41. The number of halogens is 1. The largest absolute Gasteiger partial charge is 0.451 e. The lowest BCUT2D eigenvalue weighted by molar-refractivity contribution is -0.124. The first-order valence-electron chi connectivity index (χ1n) is 8.03. The number of amides is 1. The highest BCUT2D eigenvalue weighted by Gasteiger charge is 2.15. The maximum absolute atomic E-state index is 12.0. The maximum Gasteiger partial charge on any atom is 0.358 e. The molecule has 0 aliphatic heterocycles. The molecule has 0 radical (unpaired) electrons. The van der Waals surface area contributed by atoms with Crippen molar-refractivity contribution in [3.63, 3.8) is 0 Å². The predicted octanol–water partition coefficient (Wildman–Crippen LogP) is 2.77. The summed E-state index contributed by atoms with van der Waals surface area (Å²) in [4.78, 5) is 36.1. The molecular weight excluding hydrogens is 388 g/mol. The van der Waals surface area contributed by atoms with Gasteiger partial charge in [0.15, 0.2) is 23.1 Å². The molecule has 7 nitrogen and oxygen atoms in total. The Balaban J connectivity index is 1.43. The lowest BCUT2D eigenvalue weighted by atomic mass is 10.1. The number of hydrogen-bond donors (Lipinski definition) is 1. The van der Waals surface area contributed by atoms with Crippen molar-refractivity contribution in [3.05, 3.63) is 64.4 Å². The summed E-state index contributed by atoms with van der Waals surface area (Å²) in [6.45, 7) is 0.0678. The summed E-state index contributed by atoms with van der Waals surface area (Å²) < 4.78 is 4.99. The van der Waals surface area contributed by atoms with Crippen LogP contribution < -0.4 is 5.32 Å². The highest BCUT2D eigenvalue weighted by molar-refractivity contribution is 7.13. The third kappa shape index (κ3) is 5.57. The molecular formula is C18H15ClN4O3S. The van der Waals surface area contributed by atoms with Crippen LogP contribution in [0.4, 0.5) is 0 Å². The van der Waals surface area contributed by atoms with E-state index in [1.807, 2.05) is 12.1 Å². The molecule has 3 aromatic rings. The molecule has 1 aromatic carbocycles. The average molecular weight is 403 g/mol. The third-order valence-electron chi connectivity index (χ3n) is 3.45. The zero-order valence-corrected chi connectivity index (χ0v) is 15.7. The van der Waals surface area contributed by atoms with Crippen molar-refractivity contribution in [1.29, 1.82) is 0 Å². The van der Waals surface area contributed by atoms with Crippen molar-refractivity contribution < 1.29 is 14.3 Å². The van der Waals surface area contributed by atoms with Crippen LogP contribution in [0.25, 0.3) is 10.8 Å². The number of nitrogens with zero attached hydrogens (tertiary/aromatic N) is 3. The summed E-state index contributed by atoms with van der Waals surface area (Å²) in [5, 5.41) is 5.42. The Morgan fingerprint density at radius 3 is 2.63 bits per heavy atom. The molecule has 3 rings (SSSR count). The van der Waals surface area contributed by atoms with E-state index in [1.54, 1.807) is 36.0 Å². The number of carbonyl (C=O) groups excluding carboxylic acids is 2. The highest BCUT2D eigenvalue weighted by atomic mass is 35.5. The van der Waals surface area contributed by atoms with Gasteiger partial charge >= 0.3 is 5.97 Å². The summed E-state index contributed by atoms with van der Waals surface area (Å²) in [6.07, 6.45) is 3.84. The Kier molecular flexibility index (Phi) is 6.45. The topological polar surface area (TPSA) is 94.1 Å². The molecule has 0 unspecified atom stereocenters. The minimum absolute atomic E-state index is 0.122. The fraction of sp³-hybridized carbons (Fsp3) is 0.167. The van der Waals surface area contributed by atoms with E-state index in [-0.39, 0.29) is 18.2 Å². The fourth-order valence-electron chi connectivity index (χ4n) is 2.13. The minimum atomic E-state index is -0.665. The highest BCUT2D eigenvalue weighted by Crippen LogP contribution is 2.19. The molecule has 1 amide bonds. The van der Waals surface area contributed by atoms with Gasteiger partial charge in [0.05, 0.1) is 0 Å². The van der Waals surface area contributed by atoms with E-state index in [0.717, 1.165) is 5.56 Å². The number of benzene rings is 1. The fourth-order valence-corrected chi connectivity index (χ4v) is 2.99. The van der Waals surface area contributed by atoms with Crippen molar-refractivity contribution in [2.75, 3.05) is 13.2 Å². The second kappa shape index (κ2) is 9.20. The summed E-state index contributed by atoms with van der Waals surface area (Å²) >= 11 is 7.06. The Labute approximate surface area is 164 Å². The van der Waals surface area contributed by atoms with Crippen LogP contribution in [0.1, 0.15) is 16.1 Å². The van der Waals surface area contributed by atoms with Crippen molar-refractivity contribution in [1.82, 2.24) is 20.3 Å². The standard InChI is InChI=1S/C18H15ClN4O3S/c19-13-4-2-12(3-5-13)6-9-20-15(24)10-26-18(25)14-11-27-17(23-14)16-21-7-1-8-22-16/h1-5,7-8,11H,6,9-10H2,(H,20,24). The smallest absolute Gasteiger partial charge is 0.358 e. The van der Waals surface area contributed by atoms with Gasteiger partial charge in [-0.2, -0.15) is 0 Å². The van der Waals surface area contributed by atoms with Gasteiger partial charge in [-0.25, -0.2) is 19.7 Å². The molecule has 0 aliphatic rings. The van der Waals surface area contributed by atoms with Gasteiger partial charge in [-0.15, -0.1) is 11.3 Å². The first-order chi connectivity index (χ1) is 13.1. The van der Waals surface area contributed by atoms with E-state index >= 15 is 0 Å². The van der Waals surface area contributed by atoms with Crippen LogP contribution >= 0.6 is 22.9 Å². The van der Waals surface area contributed by atoms with Gasteiger partial charge in [0.2, 0.25) is 0 Å². The number of ether oxygens (including phenoxy) is 1. The van der Waals surface area contributed by atoms with Crippen molar-refractivity contribution in [2.24, 2.45) is 0 Å². The van der Waals surface area contributed by atoms with Gasteiger partial charge in [0.25, 0.3) is 5.91 Å². The Morgan fingerprint density at radius 1 is 1.15 bits per heavy atom. The number of esters is 1. The number of hydrogen-bond acceptors (Lipinski definition) is 7. The molecule has 0 bridgehead atoms. The molecule has 0 aliphatic carbocycles.